The van der Waals surface area contributed by atoms with Crippen molar-refractivity contribution in [3.05, 3.63) is 49.6 Å². The second-order valence-corrected chi connectivity index (χ2v) is 12.0. The highest BCUT2D eigenvalue weighted by molar-refractivity contribution is 9.09. The minimum absolute atomic E-state index is 0.0521. The normalized spacial score (nSPS) is 28.2. The SMILES string of the molecule is C=CCCOC(=O)[C@H]1[C@H]2C(=O)N(CCCCCO)C(C(=O)N(CC=C)Cn3nnc4ccccc43)C23CC(Br)[C@@H]1O3. The Hall–Kier alpha value is -3.09. The summed E-state index contributed by atoms with van der Waals surface area (Å²) >= 11 is 3.68. The van der Waals surface area contributed by atoms with E-state index in [-0.39, 0.29) is 43.1 Å². The minimum atomic E-state index is -1.18. The molecule has 0 saturated carbocycles. The maximum atomic E-state index is 14.5. The zero-order chi connectivity index (χ0) is 29.1. The van der Waals surface area contributed by atoms with E-state index in [1.54, 1.807) is 26.6 Å². The summed E-state index contributed by atoms with van der Waals surface area (Å²) in [5.41, 5.74) is 0.293. The van der Waals surface area contributed by atoms with E-state index < -0.39 is 35.6 Å². The van der Waals surface area contributed by atoms with Gasteiger partial charge in [0.05, 0.1) is 30.1 Å². The number of esters is 1. The highest BCUT2D eigenvalue weighted by Crippen LogP contribution is 2.60. The molecule has 12 heteroatoms. The second-order valence-electron chi connectivity index (χ2n) is 10.8. The Bertz CT molecular complexity index is 1320. The molecule has 11 nitrogen and oxygen atoms in total. The molecule has 2 amide bonds. The van der Waals surface area contributed by atoms with Gasteiger partial charge in [-0.2, -0.15) is 0 Å². The molecule has 1 aromatic carbocycles. The summed E-state index contributed by atoms with van der Waals surface area (Å²) in [7, 11) is 0. The molecule has 2 bridgehead atoms. The zero-order valence-electron chi connectivity index (χ0n) is 22.9. The molecule has 4 heterocycles. The van der Waals surface area contributed by atoms with Crippen molar-refractivity contribution in [2.45, 2.75) is 61.3 Å². The summed E-state index contributed by atoms with van der Waals surface area (Å²) < 4.78 is 13.7. The third kappa shape index (κ3) is 5.21. The van der Waals surface area contributed by atoms with E-state index in [4.69, 9.17) is 9.47 Å². The van der Waals surface area contributed by atoms with Crippen molar-refractivity contribution in [2.24, 2.45) is 11.8 Å². The monoisotopic (exact) mass is 629 g/mol. The summed E-state index contributed by atoms with van der Waals surface area (Å²) in [6.07, 6.45) is 5.50. The van der Waals surface area contributed by atoms with Gasteiger partial charge < -0.3 is 24.4 Å². The molecular weight excluding hydrogens is 594 g/mol. The Morgan fingerprint density at radius 2 is 2.05 bits per heavy atom. The van der Waals surface area contributed by atoms with E-state index >= 15 is 0 Å². The maximum Gasteiger partial charge on any atom is 0.312 e. The number of ether oxygens (including phenoxy) is 2. The van der Waals surface area contributed by atoms with E-state index in [1.807, 2.05) is 24.3 Å². The number of amides is 2. The van der Waals surface area contributed by atoms with E-state index in [0.29, 0.717) is 44.2 Å². The number of aromatic nitrogens is 3. The van der Waals surface area contributed by atoms with Gasteiger partial charge in [0.15, 0.2) is 0 Å². The van der Waals surface area contributed by atoms with E-state index in [1.165, 1.54) is 0 Å². The van der Waals surface area contributed by atoms with Crippen LogP contribution in [-0.2, 0) is 30.5 Å². The third-order valence-electron chi connectivity index (χ3n) is 8.30. The number of nitrogens with zero attached hydrogens (tertiary/aromatic N) is 5. The standard InChI is InChI=1S/C29H36BrN5O6/c1-3-5-16-40-28(39)22-23-26(37)34(14-9-6-10-15-36)25(29(23)17-19(30)24(22)41-29)27(38)33(13-4-2)18-35-21-12-8-7-11-20(21)31-32-35/h3-4,7-8,11-12,19,22-25,36H,1-2,5-6,9-10,13-18H2/t19?,22-,23-,24-,25?,29?/m0/s1. The van der Waals surface area contributed by atoms with Crippen LogP contribution < -0.4 is 0 Å². The first kappa shape index (κ1) is 29.4. The molecule has 1 spiro atoms. The fourth-order valence-corrected chi connectivity index (χ4v) is 7.50. The first-order valence-electron chi connectivity index (χ1n) is 14.1. The molecule has 3 aliphatic heterocycles. The van der Waals surface area contributed by atoms with Crippen molar-refractivity contribution in [3.8, 4) is 0 Å². The topological polar surface area (TPSA) is 127 Å². The number of hydrogen-bond acceptors (Lipinski definition) is 8. The van der Waals surface area contributed by atoms with Crippen LogP contribution in [0, 0.1) is 11.8 Å². The number of carbonyl (C=O) groups is 3. The molecule has 2 aromatic rings. The van der Waals surface area contributed by atoms with Gasteiger partial charge >= 0.3 is 5.97 Å². The van der Waals surface area contributed by atoms with Crippen LogP contribution in [0.1, 0.15) is 32.1 Å². The number of hydrogen-bond donors (Lipinski definition) is 1. The molecule has 3 aliphatic rings. The van der Waals surface area contributed by atoms with Crippen LogP contribution in [0.25, 0.3) is 11.0 Å². The predicted molar refractivity (Wildman–Crippen MR) is 154 cm³/mol. The summed E-state index contributed by atoms with van der Waals surface area (Å²) in [5, 5.41) is 17.7. The van der Waals surface area contributed by atoms with Crippen molar-refractivity contribution in [2.75, 3.05) is 26.3 Å². The molecule has 5 rings (SSSR count). The van der Waals surface area contributed by atoms with E-state index in [2.05, 4.69) is 39.4 Å². The van der Waals surface area contributed by atoms with Gasteiger partial charge in [-0.3, -0.25) is 14.4 Å². The number of aliphatic hydroxyl groups excluding tert-OH is 1. The smallest absolute Gasteiger partial charge is 0.312 e. The lowest BCUT2D eigenvalue weighted by Gasteiger charge is -2.37. The lowest BCUT2D eigenvalue weighted by Crippen LogP contribution is -2.57. The largest absolute Gasteiger partial charge is 0.465 e. The highest BCUT2D eigenvalue weighted by atomic mass is 79.9. The van der Waals surface area contributed by atoms with Crippen LogP contribution in [0.15, 0.2) is 49.6 Å². The Morgan fingerprint density at radius 3 is 2.80 bits per heavy atom. The molecule has 0 radical (unpaired) electrons. The van der Waals surface area contributed by atoms with Crippen LogP contribution in [0.5, 0.6) is 0 Å². The number of halogens is 1. The molecule has 1 N–H and O–H groups in total. The van der Waals surface area contributed by atoms with E-state index in [9.17, 15) is 19.5 Å². The van der Waals surface area contributed by atoms with E-state index in [0.717, 1.165) is 5.52 Å². The summed E-state index contributed by atoms with van der Waals surface area (Å²) in [6.45, 7) is 8.35. The Labute approximate surface area is 247 Å². The van der Waals surface area contributed by atoms with Crippen molar-refractivity contribution in [1.29, 1.82) is 0 Å². The van der Waals surface area contributed by atoms with Gasteiger partial charge in [-0.05, 0) is 44.2 Å². The quantitative estimate of drug-likeness (QED) is 0.146. The number of carbonyl (C=O) groups excluding carboxylic acids is 3. The number of aliphatic hydroxyl groups is 1. The first-order valence-corrected chi connectivity index (χ1v) is 15.0. The Balaban J connectivity index is 1.49. The molecule has 1 aromatic heterocycles. The number of para-hydroxylation sites is 1. The Morgan fingerprint density at radius 1 is 1.24 bits per heavy atom. The number of fused-ring (bicyclic) bond motifs is 2. The van der Waals surface area contributed by atoms with Gasteiger partial charge in [0.1, 0.15) is 23.8 Å². The number of unbranched alkanes of at least 4 members (excludes halogenated alkanes) is 2. The minimum Gasteiger partial charge on any atom is -0.465 e. The fraction of sp³-hybridized carbons (Fsp3) is 0.552. The number of benzene rings is 1. The van der Waals surface area contributed by atoms with Crippen LogP contribution in [0.4, 0.5) is 0 Å². The second kappa shape index (κ2) is 12.4. The van der Waals surface area contributed by atoms with Crippen molar-refractivity contribution in [1.82, 2.24) is 24.8 Å². The lowest BCUT2D eigenvalue weighted by atomic mass is 9.70. The molecule has 3 saturated heterocycles. The molecule has 6 atom stereocenters. The molecular formula is C29H36BrN5O6. The summed E-state index contributed by atoms with van der Waals surface area (Å²) in [5.74, 6) is -2.72. The Kier molecular flexibility index (Phi) is 8.91. The van der Waals surface area contributed by atoms with Crippen LogP contribution in [0.3, 0.4) is 0 Å². The maximum absolute atomic E-state index is 14.5. The average Bonchev–Trinajstić information content (AvgIpc) is 3.68. The number of likely N-dealkylation sites (tertiary alicyclic amines) is 1. The highest BCUT2D eigenvalue weighted by Gasteiger charge is 2.77. The van der Waals surface area contributed by atoms with Gasteiger partial charge in [0.2, 0.25) is 11.8 Å². The van der Waals surface area contributed by atoms with Gasteiger partial charge in [0.25, 0.3) is 0 Å². The molecule has 220 valence electrons. The number of alkyl halides is 1. The van der Waals surface area contributed by atoms with Crippen molar-refractivity contribution in [3.63, 3.8) is 0 Å². The van der Waals surface area contributed by atoms with Crippen molar-refractivity contribution >= 4 is 44.7 Å². The van der Waals surface area contributed by atoms with Gasteiger partial charge in [-0.25, -0.2) is 4.68 Å². The van der Waals surface area contributed by atoms with Gasteiger partial charge in [-0.1, -0.05) is 45.4 Å². The summed E-state index contributed by atoms with van der Waals surface area (Å²) in [6, 6.07) is 6.54. The lowest BCUT2D eigenvalue weighted by molar-refractivity contribution is -0.155. The molecule has 0 aliphatic carbocycles. The van der Waals surface area contributed by atoms with Crippen LogP contribution in [-0.4, -0.2) is 96.6 Å². The fourth-order valence-electron chi connectivity index (χ4n) is 6.56. The third-order valence-corrected chi connectivity index (χ3v) is 9.15. The molecule has 41 heavy (non-hydrogen) atoms. The van der Waals surface area contributed by atoms with Crippen LogP contribution >= 0.6 is 15.9 Å². The molecule has 3 fully saturated rings. The number of rotatable bonds is 14. The molecule has 3 unspecified atom stereocenters. The van der Waals surface area contributed by atoms with Gasteiger partial charge in [0, 0.05) is 24.5 Å². The zero-order valence-corrected chi connectivity index (χ0v) is 24.5. The average molecular weight is 631 g/mol. The van der Waals surface area contributed by atoms with Crippen molar-refractivity contribution < 1.29 is 29.0 Å². The summed E-state index contributed by atoms with van der Waals surface area (Å²) in [4.78, 5) is 44.9. The van der Waals surface area contributed by atoms with Crippen LogP contribution in [0.2, 0.25) is 0 Å². The predicted octanol–water partition coefficient (Wildman–Crippen LogP) is 2.43. The first-order chi connectivity index (χ1) is 19.9. The van der Waals surface area contributed by atoms with Gasteiger partial charge in [-0.15, -0.1) is 18.3 Å².